The molecule has 0 fully saturated rings. The number of hydrogen-bond donors (Lipinski definition) is 1. The summed E-state index contributed by atoms with van der Waals surface area (Å²) in [5.74, 6) is -1.06. The Labute approximate surface area is 193 Å². The number of rotatable bonds is 6. The second-order valence-corrected chi connectivity index (χ2v) is 8.41. The normalized spacial score (nSPS) is 12.1. The summed E-state index contributed by atoms with van der Waals surface area (Å²) in [6, 6.07) is 16.2. The van der Waals surface area contributed by atoms with Gasteiger partial charge in [0.2, 0.25) is 0 Å². The van der Waals surface area contributed by atoms with Gasteiger partial charge in [0, 0.05) is 43.2 Å². The Morgan fingerprint density at radius 3 is 2.42 bits per heavy atom. The third-order valence-electron chi connectivity index (χ3n) is 5.10. The van der Waals surface area contributed by atoms with E-state index in [2.05, 4.69) is 0 Å². The number of carbonyl (C=O) groups is 1. The lowest BCUT2D eigenvalue weighted by Crippen LogP contribution is -2.06. The minimum absolute atomic E-state index is 0.223. The smallest absolute Gasteiger partial charge is 0.310 e. The summed E-state index contributed by atoms with van der Waals surface area (Å²) in [7, 11) is 0. The lowest BCUT2D eigenvalue weighted by molar-refractivity contribution is -0.138. The maximum Gasteiger partial charge on any atom is 0.310 e. The molecule has 0 amide bonds. The molecule has 1 unspecified atom stereocenters. The van der Waals surface area contributed by atoms with Crippen LogP contribution in [0.1, 0.15) is 24.0 Å². The van der Waals surface area contributed by atoms with Crippen molar-refractivity contribution in [1.29, 1.82) is 0 Å². The van der Waals surface area contributed by atoms with E-state index >= 15 is 0 Å². The van der Waals surface area contributed by atoms with Gasteiger partial charge in [0.15, 0.2) is 0 Å². The first-order chi connectivity index (χ1) is 14.8. The Morgan fingerprint density at radius 2 is 1.74 bits per heavy atom. The highest BCUT2D eigenvalue weighted by molar-refractivity contribution is 6.35. The van der Waals surface area contributed by atoms with Crippen molar-refractivity contribution in [3.8, 4) is 16.9 Å². The summed E-state index contributed by atoms with van der Waals surface area (Å²) in [6.45, 7) is 1.85. The lowest BCUT2D eigenvalue weighted by Gasteiger charge is -2.14. The maximum atomic E-state index is 11.5. The summed E-state index contributed by atoms with van der Waals surface area (Å²) in [6.07, 6.45) is 1.48. The van der Waals surface area contributed by atoms with Crippen molar-refractivity contribution in [3.63, 3.8) is 0 Å². The Kier molecular flexibility index (Phi) is 6.15. The molecule has 7 heteroatoms. The first-order valence-corrected chi connectivity index (χ1v) is 10.6. The van der Waals surface area contributed by atoms with Crippen LogP contribution in [-0.4, -0.2) is 11.1 Å². The molecule has 0 saturated carbocycles. The zero-order valence-corrected chi connectivity index (χ0v) is 18.6. The monoisotopic (exact) mass is 474 g/mol. The minimum atomic E-state index is -0.923. The number of ether oxygens (including phenoxy) is 1. The maximum absolute atomic E-state index is 11.5. The van der Waals surface area contributed by atoms with Crippen molar-refractivity contribution in [2.24, 2.45) is 0 Å². The van der Waals surface area contributed by atoms with Gasteiger partial charge in [-0.25, -0.2) is 0 Å². The molecule has 0 aliphatic heterocycles. The molecule has 1 heterocycles. The molecule has 4 rings (SSSR count). The molecule has 3 aromatic carbocycles. The van der Waals surface area contributed by atoms with Crippen molar-refractivity contribution in [1.82, 2.24) is 0 Å². The fourth-order valence-electron chi connectivity index (χ4n) is 3.31. The van der Waals surface area contributed by atoms with Gasteiger partial charge < -0.3 is 14.3 Å². The van der Waals surface area contributed by atoms with Crippen LogP contribution < -0.4 is 4.74 Å². The Bertz CT molecular complexity index is 1260. The number of carboxylic acids is 1. The zero-order chi connectivity index (χ0) is 22.1. The second kappa shape index (κ2) is 8.83. The lowest BCUT2D eigenvalue weighted by atomic mass is 9.97. The van der Waals surface area contributed by atoms with Gasteiger partial charge in [0.05, 0.1) is 12.2 Å². The van der Waals surface area contributed by atoms with Gasteiger partial charge in [-0.15, -0.1) is 0 Å². The van der Waals surface area contributed by atoms with Crippen LogP contribution >= 0.6 is 34.8 Å². The van der Waals surface area contributed by atoms with Crippen LogP contribution in [0.15, 0.2) is 65.3 Å². The van der Waals surface area contributed by atoms with Gasteiger partial charge >= 0.3 is 5.97 Å². The highest BCUT2D eigenvalue weighted by Gasteiger charge is 2.21. The van der Waals surface area contributed by atoms with Gasteiger partial charge in [-0.05, 0) is 42.8 Å². The van der Waals surface area contributed by atoms with Gasteiger partial charge in [-0.3, -0.25) is 4.79 Å². The van der Waals surface area contributed by atoms with Crippen molar-refractivity contribution < 1.29 is 19.1 Å². The molecule has 0 aliphatic rings. The molecule has 158 valence electrons. The number of fused-ring (bicyclic) bond motifs is 1. The van der Waals surface area contributed by atoms with E-state index in [0.717, 1.165) is 22.1 Å². The quantitative estimate of drug-likeness (QED) is 0.309. The standard InChI is InChI=1S/C24H17Cl3O4/c1-13(24(28)29)20-12-31-23-10-22(30-11-15-4-7-17(26)8-21(15)27)18(9-19(20)23)14-2-5-16(25)6-3-14/h2-10,12-13H,11H2,1H3,(H,28,29). The Balaban J connectivity index is 1.79. The number of carboxylic acid groups (broad SMARTS) is 1. The van der Waals surface area contributed by atoms with Crippen molar-refractivity contribution in [3.05, 3.63) is 87.1 Å². The SMILES string of the molecule is CC(C(=O)O)c1coc2cc(OCc3ccc(Cl)cc3Cl)c(-c3ccc(Cl)cc3)cc12. The van der Waals surface area contributed by atoms with Crippen molar-refractivity contribution in [2.75, 3.05) is 0 Å². The van der Waals surface area contributed by atoms with E-state index in [-0.39, 0.29) is 6.61 Å². The first kappa shape index (κ1) is 21.6. The topological polar surface area (TPSA) is 59.7 Å². The Morgan fingerprint density at radius 1 is 1.03 bits per heavy atom. The van der Waals surface area contributed by atoms with E-state index in [1.54, 1.807) is 37.3 Å². The molecule has 0 aliphatic carbocycles. The predicted molar refractivity (Wildman–Crippen MR) is 124 cm³/mol. The van der Waals surface area contributed by atoms with E-state index in [1.165, 1.54) is 6.26 Å². The number of hydrogen-bond acceptors (Lipinski definition) is 3. The molecule has 4 nitrogen and oxygen atoms in total. The molecule has 1 aromatic heterocycles. The molecular weight excluding hydrogens is 459 g/mol. The summed E-state index contributed by atoms with van der Waals surface area (Å²) in [4.78, 5) is 11.5. The average Bonchev–Trinajstić information content (AvgIpc) is 3.15. The van der Waals surface area contributed by atoms with Crippen LogP contribution in [0.5, 0.6) is 5.75 Å². The number of aliphatic carboxylic acids is 1. The van der Waals surface area contributed by atoms with Crippen LogP contribution in [0.2, 0.25) is 15.1 Å². The van der Waals surface area contributed by atoms with E-state index in [9.17, 15) is 9.90 Å². The van der Waals surface area contributed by atoms with Crippen LogP contribution in [-0.2, 0) is 11.4 Å². The predicted octanol–water partition coefficient (Wildman–Crippen LogP) is 7.83. The molecule has 31 heavy (non-hydrogen) atoms. The molecule has 0 bridgehead atoms. The summed E-state index contributed by atoms with van der Waals surface area (Å²) >= 11 is 18.3. The zero-order valence-electron chi connectivity index (χ0n) is 16.4. The average molecular weight is 476 g/mol. The molecule has 0 radical (unpaired) electrons. The second-order valence-electron chi connectivity index (χ2n) is 7.13. The largest absolute Gasteiger partial charge is 0.488 e. The van der Waals surface area contributed by atoms with E-state index in [1.807, 2.05) is 24.3 Å². The molecule has 1 atom stereocenters. The minimum Gasteiger partial charge on any atom is -0.488 e. The Hall–Kier alpha value is -2.66. The first-order valence-electron chi connectivity index (χ1n) is 9.44. The molecule has 0 spiro atoms. The van der Waals surface area contributed by atoms with Crippen LogP contribution in [0.4, 0.5) is 0 Å². The summed E-state index contributed by atoms with van der Waals surface area (Å²) in [5, 5.41) is 11.8. The van der Waals surface area contributed by atoms with Crippen LogP contribution in [0, 0.1) is 0 Å². The van der Waals surface area contributed by atoms with E-state index in [4.69, 9.17) is 44.0 Å². The number of benzene rings is 3. The highest BCUT2D eigenvalue weighted by atomic mass is 35.5. The number of halogens is 3. The van der Waals surface area contributed by atoms with E-state index < -0.39 is 11.9 Å². The van der Waals surface area contributed by atoms with Gasteiger partial charge in [0.25, 0.3) is 0 Å². The third kappa shape index (κ3) is 4.52. The van der Waals surface area contributed by atoms with Crippen LogP contribution in [0.3, 0.4) is 0 Å². The van der Waals surface area contributed by atoms with Gasteiger partial charge in [-0.2, -0.15) is 0 Å². The van der Waals surface area contributed by atoms with Crippen molar-refractivity contribution in [2.45, 2.75) is 19.4 Å². The third-order valence-corrected chi connectivity index (χ3v) is 5.94. The molecular formula is C24H17Cl3O4. The van der Waals surface area contributed by atoms with Gasteiger partial charge in [0.1, 0.15) is 17.9 Å². The highest BCUT2D eigenvalue weighted by Crippen LogP contribution is 2.39. The van der Waals surface area contributed by atoms with Crippen molar-refractivity contribution >= 4 is 51.7 Å². The molecule has 1 N–H and O–H groups in total. The number of furan rings is 1. The van der Waals surface area contributed by atoms with Crippen LogP contribution in [0.25, 0.3) is 22.1 Å². The fraction of sp³-hybridized carbons (Fsp3) is 0.125. The summed E-state index contributed by atoms with van der Waals surface area (Å²) < 4.78 is 11.8. The molecule has 0 saturated heterocycles. The fourth-order valence-corrected chi connectivity index (χ4v) is 3.90. The van der Waals surface area contributed by atoms with E-state index in [0.29, 0.717) is 32.0 Å². The molecule has 4 aromatic rings. The van der Waals surface area contributed by atoms with Gasteiger partial charge in [-0.1, -0.05) is 53.0 Å². The summed E-state index contributed by atoms with van der Waals surface area (Å²) in [5.41, 5.74) is 3.59.